The quantitative estimate of drug-likeness (QED) is 0.0564. The van der Waals surface area contributed by atoms with Gasteiger partial charge in [0.1, 0.15) is 0 Å². The predicted molar refractivity (Wildman–Crippen MR) is 549 cm³/mol. The second-order valence-corrected chi connectivity index (χ2v) is 34.2. The molecule has 12 heteroatoms. The van der Waals surface area contributed by atoms with Crippen LogP contribution in [0.1, 0.15) is 0 Å². The maximum atomic E-state index is 4.72. The van der Waals surface area contributed by atoms with Gasteiger partial charge in [-0.15, -0.1) is 22.3 Å². The van der Waals surface area contributed by atoms with Gasteiger partial charge in [-0.1, -0.05) is 313 Å². The molecule has 0 aliphatic heterocycles. The molecule has 140 heavy (non-hydrogen) atoms. The van der Waals surface area contributed by atoms with E-state index in [0.717, 1.165) is 212 Å². The molecule has 0 aliphatic rings. The van der Waals surface area contributed by atoms with Crippen LogP contribution in [0.3, 0.4) is 0 Å². The van der Waals surface area contributed by atoms with E-state index >= 15 is 0 Å². The van der Waals surface area contributed by atoms with Crippen LogP contribution in [-0.4, -0.2) is 28.2 Å². The van der Waals surface area contributed by atoms with Crippen molar-refractivity contribution in [2.75, 3.05) is 0 Å². The number of nitrogens with zero attached hydrogens (tertiary/aromatic N) is 10. The van der Waals surface area contributed by atoms with Gasteiger partial charge in [-0.05, 0) is 186 Å². The Hall–Kier alpha value is -17.3. The summed E-state index contributed by atoms with van der Waals surface area (Å²) in [6.45, 7) is 0. The van der Waals surface area contributed by atoms with E-state index in [9.17, 15) is 0 Å². The molecule has 25 aromatic rings. The largest absolute Gasteiger partial charge is 0.333 e. The van der Waals surface area contributed by atoms with E-state index in [2.05, 4.69) is 529 Å². The molecule has 0 saturated carbocycles. The minimum absolute atomic E-state index is 0. The van der Waals surface area contributed by atoms with Crippen LogP contribution in [0.5, 0.6) is 0 Å². The summed E-state index contributed by atoms with van der Waals surface area (Å²) in [5.74, 6) is 0.529. The zero-order valence-electron chi connectivity index (χ0n) is 75.2. The number of hydrogen-bond acceptors (Lipinski definition) is 2. The van der Waals surface area contributed by atoms with E-state index in [1.165, 1.54) is 0 Å². The molecule has 10 nitrogen and oxygen atoms in total. The van der Waals surface area contributed by atoms with Crippen molar-refractivity contribution in [3.63, 3.8) is 0 Å². The minimum Gasteiger partial charge on any atom is -0.333 e. The second kappa shape index (κ2) is 37.7. The number of benzene rings is 20. The fraction of sp³-hybridized carbons (Fsp3) is 0. The summed E-state index contributed by atoms with van der Waals surface area (Å²) in [7, 11) is 0. The third kappa shape index (κ3) is 16.2. The van der Waals surface area contributed by atoms with Crippen LogP contribution in [0.2, 0.25) is 0 Å². The normalized spacial score (nSPS) is 11.3. The number of imidazole rings is 4. The maximum Gasteiger partial charge on any atom is 0.268 e. The first-order chi connectivity index (χ1) is 68.4. The summed E-state index contributed by atoms with van der Waals surface area (Å²) >= 11 is 0. The van der Waals surface area contributed by atoms with Gasteiger partial charge in [-0.25, -0.2) is 17.7 Å². The Morgan fingerprint density at radius 3 is 0.664 bits per heavy atom. The molecule has 0 unspecified atom stereocenters. The van der Waals surface area contributed by atoms with Crippen molar-refractivity contribution in [2.24, 2.45) is 0 Å². The molecular formula is C128H78Ir2N10-6. The molecule has 5 heterocycles. The Balaban J connectivity index is 0.00000547. The van der Waals surface area contributed by atoms with Gasteiger partial charge < -0.3 is 28.2 Å². The molecule has 0 aliphatic carbocycles. The first-order valence-corrected chi connectivity index (χ1v) is 46.1. The van der Waals surface area contributed by atoms with Crippen LogP contribution in [-0.2, 0) is 40.2 Å². The van der Waals surface area contributed by atoms with E-state index in [4.69, 9.17) is 9.97 Å². The number of aromatic nitrogens is 10. The van der Waals surface area contributed by atoms with Gasteiger partial charge in [0.05, 0.1) is 66.9 Å². The number of para-hydroxylation sites is 12. The fourth-order valence-electron chi connectivity index (χ4n) is 19.5. The molecule has 25 rings (SSSR count). The molecule has 2 radical (unpaired) electrons. The van der Waals surface area contributed by atoms with Crippen molar-refractivity contribution in [2.45, 2.75) is 0 Å². The third-order valence-electron chi connectivity index (χ3n) is 26.0. The molecule has 0 fully saturated rings. The first-order valence-electron chi connectivity index (χ1n) is 46.1. The zero-order valence-corrected chi connectivity index (χ0v) is 80.0. The number of fused-ring (bicyclic) bond motifs is 4. The Kier molecular flexibility index (Phi) is 23.4. The molecule has 0 N–H and O–H groups in total. The van der Waals surface area contributed by atoms with E-state index in [0.29, 0.717) is 11.4 Å². The Bertz CT molecular complexity index is 7970. The van der Waals surface area contributed by atoms with E-state index < -0.39 is 0 Å². The van der Waals surface area contributed by atoms with Crippen LogP contribution in [0.25, 0.3) is 223 Å². The summed E-state index contributed by atoms with van der Waals surface area (Å²) in [6, 6.07) is 186. The number of rotatable bonds is 20. The summed E-state index contributed by atoms with van der Waals surface area (Å²) in [5, 5.41) is 0. The topological polar surface area (TPSA) is 61.0 Å². The maximum absolute atomic E-state index is 4.72. The standard InChI is InChI=1S/C128H78N10.2Ir/c1-5-31-101(32-6-1)131-85-135(123-53-25-21-49-119(123)131)105-69-61-89(62-70-105)109-39-13-17-43-113(109)95-79-96(114-44-18-14-40-110(114)90-63-71-106(72-64-90)136-86-132(102-33-7-2-8-34-102)120-50-22-26-54-124(120)136)82-99(81-95)117-47-29-48-118(127(117)93-57-59-94(60-58-93)128-129-77-30-78-130-128)100-83-97(115-45-19-15-41-111(115)91-65-73-107(74-66-91)137-87-133(103-35-9-3-10-36-103)121-51-23-27-55-125(121)137)80-98(84-100)116-46-20-16-42-112(116)92-67-75-108(76-68-92)138-88-134(104-37-11-4-12-38-104)122-52-24-28-56-126(122)138;;/h1-58,61-69,71,73,75,77-84H;;/q-6;;. The number of hydrogen-bond donors (Lipinski definition) is 0. The average Bonchev–Trinajstić information content (AvgIpc) is 1.25. The van der Waals surface area contributed by atoms with Gasteiger partial charge in [0.25, 0.3) is 25.3 Å². The van der Waals surface area contributed by atoms with Crippen molar-refractivity contribution in [3.05, 3.63) is 535 Å². The molecule has 20 aromatic carbocycles. The summed E-state index contributed by atoms with van der Waals surface area (Å²) in [4.78, 5) is 9.44. The first kappa shape index (κ1) is 86.8. The summed E-state index contributed by atoms with van der Waals surface area (Å²) in [5.41, 5.74) is 38.7. The second-order valence-electron chi connectivity index (χ2n) is 34.2. The molecule has 0 bridgehead atoms. The zero-order chi connectivity index (χ0) is 91.4. The van der Waals surface area contributed by atoms with Gasteiger partial charge in [-0.3, -0.25) is 30.4 Å². The smallest absolute Gasteiger partial charge is 0.268 e. The molecule has 0 spiro atoms. The molecule has 0 saturated heterocycles. The monoisotopic (exact) mass is 2140 g/mol. The molecule has 5 aromatic heterocycles. The van der Waals surface area contributed by atoms with Crippen molar-refractivity contribution >= 4 is 44.1 Å². The van der Waals surface area contributed by atoms with Crippen molar-refractivity contribution in [1.29, 1.82) is 0 Å². The average molecular weight is 2140 g/mol. The predicted octanol–water partition coefficient (Wildman–Crippen LogP) is 27.4. The minimum atomic E-state index is 0. The van der Waals surface area contributed by atoms with Gasteiger partial charge in [0.15, 0.2) is 0 Å². The van der Waals surface area contributed by atoms with Crippen molar-refractivity contribution < 1.29 is 58.5 Å². The van der Waals surface area contributed by atoms with Gasteiger partial charge >= 0.3 is 0 Å². The molecular weight excluding hydrogens is 2060 g/mol. The van der Waals surface area contributed by atoms with Crippen LogP contribution in [0.4, 0.5) is 0 Å². The Morgan fingerprint density at radius 2 is 0.407 bits per heavy atom. The molecule has 664 valence electrons. The Labute approximate surface area is 838 Å². The van der Waals surface area contributed by atoms with Gasteiger partial charge in [0.2, 0.25) is 0 Å². The van der Waals surface area contributed by atoms with Crippen LogP contribution in [0.15, 0.2) is 473 Å². The summed E-state index contributed by atoms with van der Waals surface area (Å²) in [6.07, 6.45) is 18.3. The van der Waals surface area contributed by atoms with Crippen molar-refractivity contribution in [1.82, 2.24) is 28.2 Å². The van der Waals surface area contributed by atoms with E-state index in [-0.39, 0.29) is 40.2 Å². The fourth-order valence-corrected chi connectivity index (χ4v) is 19.5. The van der Waals surface area contributed by atoms with Crippen LogP contribution < -0.4 is 18.3 Å². The van der Waals surface area contributed by atoms with Crippen LogP contribution >= 0.6 is 0 Å². The summed E-state index contributed by atoms with van der Waals surface area (Å²) < 4.78 is 16.9. The SMILES string of the molecule is [Ir].[Ir].[c-]1cc(-c2c(-c3cc(-c4ccccc4-c4c[c-]c(-n5[c-][n+](-c6ccccc6)c6ccccc65)cc4)cc(-c4ccccc4-c4c[c-]c(-n5[c-][n+](-c6ccccc6)c6ccccc65)cc4)c3)cccc2-c2cc(-c3ccccc3-c3c[c-]c(-n4[c-][n+](-c5ccccc5)c5ccccc54)cc3)cc(-c3ccccc3-c3c[c-]c(-n4[c-][n+](-c5ccccc5)c5ccccc54)cc3)c2)c[c-]c1-c1ncccn1. The van der Waals surface area contributed by atoms with E-state index in [1.807, 2.05) is 30.3 Å². The third-order valence-corrected chi connectivity index (χ3v) is 26.0. The van der Waals surface area contributed by atoms with Crippen molar-refractivity contribution in [3.8, 4) is 179 Å². The van der Waals surface area contributed by atoms with E-state index in [1.54, 1.807) is 12.4 Å². The molecule has 0 amide bonds. The van der Waals surface area contributed by atoms with Crippen LogP contribution in [0, 0.1) is 61.7 Å². The van der Waals surface area contributed by atoms with Gasteiger partial charge in [0, 0.05) is 52.6 Å². The van der Waals surface area contributed by atoms with Gasteiger partial charge in [-0.2, -0.15) is 103 Å². The Morgan fingerprint density at radius 1 is 0.186 bits per heavy atom. The molecule has 0 atom stereocenters.